The van der Waals surface area contributed by atoms with Gasteiger partial charge >= 0.3 is 0 Å². The van der Waals surface area contributed by atoms with Crippen LogP contribution in [0.15, 0.2) is 36.5 Å². The summed E-state index contributed by atoms with van der Waals surface area (Å²) in [6.07, 6.45) is 1.66. The van der Waals surface area contributed by atoms with E-state index < -0.39 is 0 Å². The van der Waals surface area contributed by atoms with Crippen LogP contribution in [0.25, 0.3) is 22.2 Å². The summed E-state index contributed by atoms with van der Waals surface area (Å²) >= 11 is 0. The highest BCUT2D eigenvalue weighted by Gasteiger charge is 2.10. The average molecular weight is 284 g/mol. The first-order valence-electron chi connectivity index (χ1n) is 6.49. The van der Waals surface area contributed by atoms with Crippen LogP contribution in [0.1, 0.15) is 6.92 Å². The average Bonchev–Trinajstić information content (AvgIpc) is 2.48. The molecule has 1 aromatic carbocycles. The van der Waals surface area contributed by atoms with E-state index in [4.69, 9.17) is 10.5 Å². The van der Waals surface area contributed by atoms with Gasteiger partial charge in [-0.1, -0.05) is 12.1 Å². The molecule has 3 aromatic rings. The summed E-state index contributed by atoms with van der Waals surface area (Å²) in [7, 11) is 0. The Morgan fingerprint density at radius 1 is 1.14 bits per heavy atom. The van der Waals surface area contributed by atoms with Crippen molar-refractivity contribution in [1.29, 1.82) is 0 Å². The maximum atomic E-state index is 13.0. The van der Waals surface area contributed by atoms with Gasteiger partial charge in [0.1, 0.15) is 5.82 Å². The number of pyridine rings is 1. The van der Waals surface area contributed by atoms with Crippen molar-refractivity contribution >= 4 is 17.0 Å². The number of hydrogen-bond donors (Lipinski definition) is 1. The third-order valence-corrected chi connectivity index (χ3v) is 2.99. The van der Waals surface area contributed by atoms with E-state index in [-0.39, 0.29) is 11.8 Å². The number of halogens is 1. The van der Waals surface area contributed by atoms with Crippen LogP contribution in [0.4, 0.5) is 10.3 Å². The molecule has 21 heavy (non-hydrogen) atoms. The van der Waals surface area contributed by atoms with E-state index in [1.807, 2.05) is 13.0 Å². The number of nitrogens with zero attached hydrogens (tertiary/aromatic N) is 3. The lowest BCUT2D eigenvalue weighted by molar-refractivity contribution is 0.331. The van der Waals surface area contributed by atoms with Crippen molar-refractivity contribution in [3.8, 4) is 17.0 Å². The minimum atomic E-state index is -0.279. The van der Waals surface area contributed by atoms with Crippen LogP contribution in [0.2, 0.25) is 0 Å². The second kappa shape index (κ2) is 5.32. The number of rotatable bonds is 3. The first-order valence-corrected chi connectivity index (χ1v) is 6.49. The molecule has 0 bridgehead atoms. The number of aromatic nitrogens is 3. The second-order valence-corrected chi connectivity index (χ2v) is 4.42. The Morgan fingerprint density at radius 2 is 1.90 bits per heavy atom. The highest BCUT2D eigenvalue weighted by atomic mass is 19.1. The van der Waals surface area contributed by atoms with E-state index in [1.54, 1.807) is 18.3 Å². The molecule has 6 heteroatoms. The fraction of sp³-hybridized carbons (Fsp3) is 0.133. The van der Waals surface area contributed by atoms with E-state index in [2.05, 4.69) is 15.0 Å². The summed E-state index contributed by atoms with van der Waals surface area (Å²) in [6.45, 7) is 2.33. The van der Waals surface area contributed by atoms with Crippen molar-refractivity contribution in [2.45, 2.75) is 6.92 Å². The van der Waals surface area contributed by atoms with E-state index in [0.29, 0.717) is 23.5 Å². The van der Waals surface area contributed by atoms with Crippen molar-refractivity contribution < 1.29 is 9.13 Å². The summed E-state index contributed by atoms with van der Waals surface area (Å²) < 4.78 is 18.5. The molecule has 0 aliphatic carbocycles. The number of nitrogens with two attached hydrogens (primary N) is 1. The van der Waals surface area contributed by atoms with Crippen molar-refractivity contribution in [1.82, 2.24) is 15.0 Å². The maximum Gasteiger partial charge on any atom is 0.227 e. The zero-order chi connectivity index (χ0) is 14.8. The molecule has 5 nitrogen and oxygen atoms in total. The lowest BCUT2D eigenvalue weighted by atomic mass is 10.1. The van der Waals surface area contributed by atoms with Crippen molar-refractivity contribution in [2.24, 2.45) is 0 Å². The molecule has 0 fully saturated rings. The van der Waals surface area contributed by atoms with Crippen molar-refractivity contribution in [3.05, 3.63) is 42.3 Å². The predicted molar refractivity (Wildman–Crippen MR) is 78.3 cm³/mol. The molecular formula is C15H13FN4O. The largest absolute Gasteiger partial charge is 0.477 e. The van der Waals surface area contributed by atoms with Crippen LogP contribution in [0.3, 0.4) is 0 Å². The number of fused-ring (bicyclic) bond motifs is 1. The monoisotopic (exact) mass is 284 g/mol. The number of anilines is 1. The lowest BCUT2D eigenvalue weighted by Gasteiger charge is -2.08. The number of nitrogen functional groups attached to an aromatic ring is 1. The Bertz CT molecular complexity index is 790. The molecule has 0 saturated carbocycles. The number of ether oxygens (including phenoxy) is 1. The molecule has 0 amide bonds. The van der Waals surface area contributed by atoms with Gasteiger partial charge in [0, 0.05) is 11.8 Å². The van der Waals surface area contributed by atoms with Gasteiger partial charge in [0.05, 0.1) is 12.0 Å². The van der Waals surface area contributed by atoms with Crippen LogP contribution in [-0.4, -0.2) is 21.6 Å². The molecule has 0 saturated heterocycles. The predicted octanol–water partition coefficient (Wildman–Crippen LogP) is 2.81. The van der Waals surface area contributed by atoms with Gasteiger partial charge in [-0.2, -0.15) is 9.97 Å². The Hall–Kier alpha value is -2.76. The third-order valence-electron chi connectivity index (χ3n) is 2.99. The van der Waals surface area contributed by atoms with Crippen molar-refractivity contribution in [2.75, 3.05) is 12.3 Å². The molecule has 0 unspecified atom stereocenters. The van der Waals surface area contributed by atoms with Gasteiger partial charge < -0.3 is 10.5 Å². The van der Waals surface area contributed by atoms with Gasteiger partial charge in [0.25, 0.3) is 0 Å². The van der Waals surface area contributed by atoms with Gasteiger partial charge in [0.2, 0.25) is 11.8 Å². The van der Waals surface area contributed by atoms with Gasteiger partial charge in [-0.25, -0.2) is 9.37 Å². The quantitative estimate of drug-likeness (QED) is 0.800. The highest BCUT2D eigenvalue weighted by Crippen LogP contribution is 2.27. The van der Waals surface area contributed by atoms with Crippen LogP contribution < -0.4 is 10.5 Å². The summed E-state index contributed by atoms with van der Waals surface area (Å²) in [4.78, 5) is 12.4. The summed E-state index contributed by atoms with van der Waals surface area (Å²) in [5.41, 5.74) is 7.79. The van der Waals surface area contributed by atoms with Gasteiger partial charge in [-0.15, -0.1) is 0 Å². The van der Waals surface area contributed by atoms with Crippen LogP contribution in [0.5, 0.6) is 5.88 Å². The zero-order valence-corrected chi connectivity index (χ0v) is 11.4. The zero-order valence-electron chi connectivity index (χ0n) is 11.4. The molecule has 106 valence electrons. The standard InChI is InChI=1S/C15H13FN4O/c1-2-21-14-12-7-10(9-3-5-11(16)6-4-9)8-18-13(12)19-15(17)20-14/h3-8H,2H2,1H3,(H2,17,18,19,20). The second-order valence-electron chi connectivity index (χ2n) is 4.42. The topological polar surface area (TPSA) is 73.9 Å². The summed E-state index contributed by atoms with van der Waals surface area (Å²) in [5.74, 6) is 0.239. The minimum Gasteiger partial charge on any atom is -0.477 e. The Morgan fingerprint density at radius 3 is 2.62 bits per heavy atom. The Kier molecular flexibility index (Phi) is 3.35. The molecule has 2 heterocycles. The molecule has 0 spiro atoms. The summed E-state index contributed by atoms with van der Waals surface area (Å²) in [5, 5.41) is 0.674. The maximum absolute atomic E-state index is 13.0. The molecule has 0 aliphatic heterocycles. The molecular weight excluding hydrogens is 271 g/mol. The molecule has 2 N–H and O–H groups in total. The summed E-state index contributed by atoms with van der Waals surface area (Å²) in [6, 6.07) is 8.05. The van der Waals surface area contributed by atoms with E-state index in [1.165, 1.54) is 12.1 Å². The number of benzene rings is 1. The van der Waals surface area contributed by atoms with Gasteiger partial charge in [-0.05, 0) is 30.7 Å². The fourth-order valence-corrected chi connectivity index (χ4v) is 2.05. The Balaban J connectivity index is 2.16. The molecule has 0 aliphatic rings. The highest BCUT2D eigenvalue weighted by molar-refractivity contribution is 5.85. The van der Waals surface area contributed by atoms with Crippen LogP contribution in [0, 0.1) is 5.82 Å². The molecule has 0 radical (unpaired) electrons. The van der Waals surface area contributed by atoms with Gasteiger partial charge in [0.15, 0.2) is 5.65 Å². The minimum absolute atomic E-state index is 0.119. The molecule has 2 aromatic heterocycles. The van der Waals surface area contributed by atoms with E-state index in [9.17, 15) is 4.39 Å². The van der Waals surface area contributed by atoms with Crippen molar-refractivity contribution in [3.63, 3.8) is 0 Å². The van der Waals surface area contributed by atoms with Crippen LogP contribution >= 0.6 is 0 Å². The first kappa shape index (κ1) is 13.2. The molecule has 3 rings (SSSR count). The van der Waals surface area contributed by atoms with E-state index >= 15 is 0 Å². The van der Waals surface area contributed by atoms with Crippen LogP contribution in [-0.2, 0) is 0 Å². The SMILES string of the molecule is CCOc1nc(N)nc2ncc(-c3ccc(F)cc3)cc12. The normalized spacial score (nSPS) is 10.8. The number of hydrogen-bond acceptors (Lipinski definition) is 5. The smallest absolute Gasteiger partial charge is 0.227 e. The molecule has 0 atom stereocenters. The Labute approximate surface area is 120 Å². The lowest BCUT2D eigenvalue weighted by Crippen LogP contribution is -2.02. The van der Waals surface area contributed by atoms with E-state index in [0.717, 1.165) is 11.1 Å². The fourth-order valence-electron chi connectivity index (χ4n) is 2.05. The third kappa shape index (κ3) is 2.60. The first-order chi connectivity index (χ1) is 10.2. The van der Waals surface area contributed by atoms with Gasteiger partial charge in [-0.3, -0.25) is 0 Å².